The van der Waals surface area contributed by atoms with Gasteiger partial charge in [-0.2, -0.15) is 0 Å². The van der Waals surface area contributed by atoms with Crippen LogP contribution in [0.4, 0.5) is 4.79 Å². The molecule has 1 saturated carbocycles. The van der Waals surface area contributed by atoms with Gasteiger partial charge in [0.1, 0.15) is 32.5 Å². The van der Waals surface area contributed by atoms with E-state index < -0.39 is 93.7 Å². The normalized spacial score (nSPS) is 23.7. The summed E-state index contributed by atoms with van der Waals surface area (Å²) < 4.78 is 28.8. The first kappa shape index (κ1) is 62.5. The molecule has 3 aliphatic heterocycles. The number of aliphatic hydroxyl groups excluding tert-OH is 7. The lowest BCUT2D eigenvalue weighted by Gasteiger charge is -2.38. The van der Waals surface area contributed by atoms with E-state index in [2.05, 4.69) is 50.6 Å². The Hall–Kier alpha value is -4.59. The number of esters is 1. The van der Waals surface area contributed by atoms with E-state index in [1.165, 1.54) is 54.6 Å². The number of rotatable bonds is 14. The third kappa shape index (κ3) is 25.6. The van der Waals surface area contributed by atoms with E-state index in [9.17, 15) is 48.9 Å². The first-order valence-corrected chi connectivity index (χ1v) is 26.5. The molecule has 1 aromatic carbocycles. The molecule has 5 rings (SSSR count). The van der Waals surface area contributed by atoms with Crippen molar-refractivity contribution in [3.63, 3.8) is 0 Å². The van der Waals surface area contributed by atoms with Gasteiger partial charge in [0.25, 0.3) is 0 Å². The fourth-order valence-corrected chi connectivity index (χ4v) is 8.91. The fraction of sp³-hybridized carbons (Fsp3) is 0.729. The molecule has 0 unspecified atom stereocenters. The van der Waals surface area contributed by atoms with Crippen molar-refractivity contribution in [1.29, 1.82) is 1.43 Å². The molecule has 3 saturated heterocycles. The Bertz CT molecular complexity index is 1810. The van der Waals surface area contributed by atoms with Crippen LogP contribution in [-0.4, -0.2) is 208 Å². The zero-order valence-electron chi connectivity index (χ0n) is 44.6. The van der Waals surface area contributed by atoms with Crippen LogP contribution in [0.5, 0.6) is 0 Å². The molecule has 0 bridgehead atoms. The zero-order valence-corrected chi connectivity index (χ0v) is 43.6. The lowest BCUT2D eigenvalue weighted by Crippen LogP contribution is -2.43. The van der Waals surface area contributed by atoms with Crippen LogP contribution in [0.3, 0.4) is 0 Å². The molecule has 1 aliphatic carbocycles. The summed E-state index contributed by atoms with van der Waals surface area (Å²) in [4.78, 5) is 79.4. The van der Waals surface area contributed by atoms with Crippen LogP contribution in [0.15, 0.2) is 30.3 Å². The van der Waals surface area contributed by atoms with Gasteiger partial charge in [0.05, 0.1) is 57.3 Å². The molecule has 8 atom stereocenters. The standard InChI is InChI=1S/C13H17NO4.C13H28OSi.C9H15NO5.C8H13NO4.C4H6O4.CH4O/c15-8-11-6-12(16)7-14(11)13(17)18-9-10-4-2-1-3-5-10;1-7-11-8-9-12(10-11)14-15(5,6)13(2,3)4;1-15-9(14)3-8(13)10-4-7(12)2-6(10)5-11;1-5-2-6(10)4-9(5)7(11)3-8(12)13;5-2-3(6)1-4(7)8;1-2/h1-5,11-12,15-16H,6-9H2;11-12H,7-10H2,1-6H3;6-7,11-12H,2-5H2,1H3;5-6,10H,2-4H2,1H3,(H,12,13);5H,1-2H2,(H,7,8);2H,1H3/t11-,12+;11-,12-;6-,7+;5-,6-;;/m0001../s1/i;;;1D;;2T. The average Bonchev–Trinajstić information content (AvgIpc) is 4.14. The smallest absolute Gasteiger partial charge is 0.410 e. The molecule has 3 amide bonds. The van der Waals surface area contributed by atoms with E-state index in [1.807, 2.05) is 30.3 Å². The summed E-state index contributed by atoms with van der Waals surface area (Å²) in [6.07, 6.45) is 3.19. The van der Waals surface area contributed by atoms with Gasteiger partial charge < -0.3 is 74.6 Å². The molecule has 71 heavy (non-hydrogen) atoms. The molecule has 23 heteroatoms. The molecule has 0 radical (unpaired) electrons. The van der Waals surface area contributed by atoms with E-state index in [4.69, 9.17) is 37.5 Å². The number of amides is 3. The predicted molar refractivity (Wildman–Crippen MR) is 261 cm³/mol. The number of ketones is 1. The molecule has 0 aromatic heterocycles. The van der Waals surface area contributed by atoms with Gasteiger partial charge in [-0.25, -0.2) is 4.79 Å². The number of aliphatic carboxylic acids is 2. The highest BCUT2D eigenvalue weighted by molar-refractivity contribution is 6.74. The van der Waals surface area contributed by atoms with Crippen LogP contribution >= 0.6 is 0 Å². The quantitative estimate of drug-likeness (QED) is 0.0730. The lowest BCUT2D eigenvalue weighted by atomic mass is 10.1. The van der Waals surface area contributed by atoms with Gasteiger partial charge >= 0.3 is 24.0 Å². The van der Waals surface area contributed by atoms with Gasteiger partial charge in [0.2, 0.25) is 13.2 Å². The van der Waals surface area contributed by atoms with Gasteiger partial charge in [0, 0.05) is 33.7 Å². The second-order valence-electron chi connectivity index (χ2n) is 19.0. The SMILES string of the molecule is CC[C@H]1CC[C@H](O[Si](C)(C)C(C)(C)C)C1.COC(=O)CC(=O)N1C[C@H](O)C[C@H]1CO.O=C(O)CC(=O)CO.O=C(OCc1ccccc1)N1C[C@H](O)C[C@H]1CO.[2H]C[C@@H]1C[C@@H](O)CN1C(=O)CC(=O)O.[3H]OC. The summed E-state index contributed by atoms with van der Waals surface area (Å²) in [5, 5.41) is 74.3. The number of benzene rings is 1. The number of methoxy groups -OCH3 is 1. The van der Waals surface area contributed by atoms with Crippen molar-refractivity contribution in [2.24, 2.45) is 5.92 Å². The molecule has 1 aromatic rings. The van der Waals surface area contributed by atoms with Gasteiger partial charge in [-0.05, 0) is 75.0 Å². The van der Waals surface area contributed by atoms with E-state index >= 15 is 0 Å². The number of ether oxygens (including phenoxy) is 2. The highest BCUT2D eigenvalue weighted by Crippen LogP contribution is 2.40. The van der Waals surface area contributed by atoms with Crippen molar-refractivity contribution in [2.45, 2.75) is 166 Å². The number of likely N-dealkylation sites (tertiary alicyclic amines) is 3. The van der Waals surface area contributed by atoms with Gasteiger partial charge in [-0.15, -0.1) is 0 Å². The number of aliphatic hydroxyl groups is 7. The number of carboxylic acid groups (broad SMARTS) is 2. The van der Waals surface area contributed by atoms with E-state index in [-0.39, 0.29) is 64.9 Å². The minimum absolute atomic E-state index is 0.00240. The molecular weight excluding hydrogens is 951 g/mol. The van der Waals surface area contributed by atoms with E-state index in [0.29, 0.717) is 30.4 Å². The Balaban J connectivity index is 0.000000890. The third-order valence-corrected chi connectivity index (χ3v) is 16.9. The van der Waals surface area contributed by atoms with Gasteiger partial charge in [0.15, 0.2) is 14.1 Å². The largest absolute Gasteiger partial charge is 0.481 e. The molecule has 22 nitrogen and oxygen atoms in total. The number of carbonyl (C=O) groups is 7. The Kier molecular flexibility index (Phi) is 29.9. The number of hydrogen-bond acceptors (Lipinski definition) is 17. The summed E-state index contributed by atoms with van der Waals surface area (Å²) in [6, 6.07) is 8.31. The van der Waals surface area contributed by atoms with E-state index in [1.54, 1.807) is 0 Å². The second-order valence-corrected chi connectivity index (χ2v) is 23.7. The molecule has 4 aliphatic rings. The molecular formula is C48H83N3O19Si. The summed E-state index contributed by atoms with van der Waals surface area (Å²) in [5.74, 6) is -3.68. The molecule has 4 fully saturated rings. The maximum atomic E-state index is 11.8. The maximum absolute atomic E-state index is 11.8. The second kappa shape index (κ2) is 33.9. The number of Topliss-reactive ketones (excluding diaryl/α,β-unsaturated/α-hetero) is 1. The molecule has 0 spiro atoms. The topological polar surface area (TPSA) is 339 Å². The fourth-order valence-electron chi connectivity index (χ4n) is 7.51. The number of β-amino-alcohol motifs (C(OH)–C–C–N with tert-alkyl or cyclic N) is 3. The Morgan fingerprint density at radius 3 is 1.73 bits per heavy atom. The Morgan fingerprint density at radius 1 is 0.775 bits per heavy atom. The highest BCUT2D eigenvalue weighted by Gasteiger charge is 2.41. The third-order valence-electron chi connectivity index (χ3n) is 12.4. The summed E-state index contributed by atoms with van der Waals surface area (Å²) in [6.45, 7) is 13.7. The van der Waals surface area contributed by atoms with Crippen LogP contribution in [0.1, 0.15) is 106 Å². The van der Waals surface area contributed by atoms with Crippen molar-refractivity contribution in [1.82, 2.24) is 14.7 Å². The van der Waals surface area contributed by atoms with Crippen molar-refractivity contribution in [3.05, 3.63) is 35.9 Å². The highest BCUT2D eigenvalue weighted by atomic mass is 28.4. The van der Waals surface area contributed by atoms with Crippen molar-refractivity contribution in [3.8, 4) is 0 Å². The van der Waals surface area contributed by atoms with Gasteiger partial charge in [-0.3, -0.25) is 28.8 Å². The van der Waals surface area contributed by atoms with Crippen molar-refractivity contribution >= 4 is 49.9 Å². The first-order chi connectivity index (χ1) is 34.2. The van der Waals surface area contributed by atoms with Crippen LogP contribution in [0, 0.1) is 5.92 Å². The average molecular weight is 1040 g/mol. The Labute approximate surface area is 421 Å². The van der Waals surface area contributed by atoms with Crippen LogP contribution in [-0.2, 0) is 49.3 Å². The number of carbonyl (C=O) groups excluding carboxylic acids is 5. The summed E-state index contributed by atoms with van der Waals surface area (Å²) in [7, 11) is 0.986. The number of hydrogen-bond donors (Lipinski definition) is 9. The van der Waals surface area contributed by atoms with Crippen LogP contribution in [0.2, 0.25) is 18.1 Å². The number of carboxylic acids is 2. The van der Waals surface area contributed by atoms with Crippen LogP contribution < -0.4 is 0 Å². The maximum Gasteiger partial charge on any atom is 0.410 e. The van der Waals surface area contributed by atoms with E-state index in [0.717, 1.165) is 11.5 Å². The zero-order chi connectivity index (χ0) is 56.1. The lowest BCUT2D eigenvalue weighted by molar-refractivity contribution is -0.148. The monoisotopic (exact) mass is 1040 g/mol. The Morgan fingerprint density at radius 2 is 1.28 bits per heavy atom. The molecule has 3 heterocycles. The van der Waals surface area contributed by atoms with Crippen molar-refractivity contribution < 1.29 is 94.8 Å². The van der Waals surface area contributed by atoms with Gasteiger partial charge in [-0.1, -0.05) is 64.4 Å². The molecule has 9 N–H and O–H groups in total. The van der Waals surface area contributed by atoms with Crippen molar-refractivity contribution in [2.75, 3.05) is 53.7 Å². The predicted octanol–water partition coefficient (Wildman–Crippen LogP) is 1.92. The minimum atomic E-state index is -1.51. The first-order valence-electron chi connectivity index (χ1n) is 24.7. The summed E-state index contributed by atoms with van der Waals surface area (Å²) in [5.41, 5.74) is 0.908. The minimum Gasteiger partial charge on any atom is -0.481 e. The number of nitrogens with zero attached hydrogens (tertiary/aromatic N) is 3. The van der Waals surface area contributed by atoms with Crippen LogP contribution in [0.25, 0.3) is 0 Å². The summed E-state index contributed by atoms with van der Waals surface area (Å²) >= 11 is 0. The molecule has 408 valence electrons.